The molecule has 3 aromatic rings. The van der Waals surface area contributed by atoms with Gasteiger partial charge >= 0.3 is 0 Å². The van der Waals surface area contributed by atoms with E-state index >= 15 is 0 Å². The molecule has 0 saturated heterocycles. The van der Waals surface area contributed by atoms with Crippen LogP contribution in [0.3, 0.4) is 0 Å². The van der Waals surface area contributed by atoms with Gasteiger partial charge in [-0.25, -0.2) is 0 Å². The number of aromatic nitrogens is 1. The van der Waals surface area contributed by atoms with Gasteiger partial charge in [0, 0.05) is 47.9 Å². The van der Waals surface area contributed by atoms with Gasteiger partial charge in [-0.15, -0.1) is 0 Å². The number of benzene rings is 2. The Balaban J connectivity index is 0.00000141. The maximum atomic E-state index is 12.6. The molecule has 32 heavy (non-hydrogen) atoms. The van der Waals surface area contributed by atoms with Crippen molar-refractivity contribution in [3.05, 3.63) is 65.5 Å². The molecule has 0 spiro atoms. The Morgan fingerprint density at radius 2 is 1.66 bits per heavy atom. The zero-order valence-electron chi connectivity index (χ0n) is 19.6. The van der Waals surface area contributed by atoms with Crippen molar-refractivity contribution >= 4 is 23.4 Å². The molecule has 0 amide bonds. The first kappa shape index (κ1) is 23.8. The maximum Gasteiger partial charge on any atom is 0.165 e. The summed E-state index contributed by atoms with van der Waals surface area (Å²) in [5.74, 6) is 0.311. The third-order valence-electron chi connectivity index (χ3n) is 5.52. The Labute approximate surface area is 194 Å². The number of hydrogen-bond acceptors (Lipinski definition) is 5. The van der Waals surface area contributed by atoms with Crippen LogP contribution in [0.25, 0.3) is 5.69 Å². The average Bonchev–Trinajstić information content (AvgIpc) is 3.06. The number of phenols is 2. The Morgan fingerprint density at radius 3 is 2.28 bits per heavy atom. The number of carbonyl (C=O) groups excluding carboxylic acids is 1. The zero-order valence-corrected chi connectivity index (χ0v) is 20.5. The molecule has 5 nitrogen and oxygen atoms in total. The van der Waals surface area contributed by atoms with Crippen molar-refractivity contribution in [2.24, 2.45) is 5.41 Å². The first-order valence-electron chi connectivity index (χ1n) is 10.9. The Hall–Kier alpha value is -2.86. The normalized spacial score (nSPS) is 14.4. The van der Waals surface area contributed by atoms with Gasteiger partial charge in [0.1, 0.15) is 11.5 Å². The van der Waals surface area contributed by atoms with Crippen molar-refractivity contribution in [1.82, 2.24) is 4.57 Å². The van der Waals surface area contributed by atoms with E-state index in [-0.39, 0.29) is 22.7 Å². The van der Waals surface area contributed by atoms with E-state index in [1.807, 2.05) is 50.3 Å². The highest BCUT2D eigenvalue weighted by Crippen LogP contribution is 2.38. The minimum atomic E-state index is -0.0322. The van der Waals surface area contributed by atoms with E-state index in [2.05, 4.69) is 30.5 Å². The van der Waals surface area contributed by atoms with Gasteiger partial charge in [-0.2, -0.15) is 0 Å². The molecule has 1 aromatic heterocycles. The van der Waals surface area contributed by atoms with E-state index in [0.29, 0.717) is 11.3 Å². The molecular weight excluding hydrogens is 420 g/mol. The van der Waals surface area contributed by atoms with Gasteiger partial charge in [-0.3, -0.25) is 4.79 Å². The molecule has 4 rings (SSSR count). The third kappa shape index (κ3) is 4.80. The molecule has 0 aliphatic heterocycles. The number of hydrogen-bond donors (Lipinski definition) is 2. The highest BCUT2D eigenvalue weighted by atomic mass is 32.2. The van der Waals surface area contributed by atoms with Gasteiger partial charge in [0.2, 0.25) is 0 Å². The fourth-order valence-electron chi connectivity index (χ4n) is 4.11. The smallest absolute Gasteiger partial charge is 0.165 e. The number of ketones is 1. The molecular formula is C26H32N2O3S. The summed E-state index contributed by atoms with van der Waals surface area (Å²) in [6.07, 6.45) is 1.47. The molecule has 170 valence electrons. The van der Waals surface area contributed by atoms with E-state index in [1.54, 1.807) is 12.1 Å². The molecule has 0 bridgehead atoms. The Morgan fingerprint density at radius 1 is 1.00 bits per heavy atom. The predicted molar refractivity (Wildman–Crippen MR) is 132 cm³/mol. The Kier molecular flexibility index (Phi) is 6.94. The van der Waals surface area contributed by atoms with E-state index in [0.717, 1.165) is 34.7 Å². The summed E-state index contributed by atoms with van der Waals surface area (Å²) in [4.78, 5) is 13.3. The summed E-state index contributed by atoms with van der Waals surface area (Å²) in [5.41, 5.74) is 5.00. The predicted octanol–water partition coefficient (Wildman–Crippen LogP) is 6.52. The molecule has 1 heterocycles. The van der Waals surface area contributed by atoms with Crippen LogP contribution in [0.15, 0.2) is 53.4 Å². The molecule has 0 fully saturated rings. The van der Waals surface area contributed by atoms with Crippen LogP contribution < -0.4 is 4.31 Å². The largest absolute Gasteiger partial charge is 0.508 e. The second kappa shape index (κ2) is 9.33. The number of phenolic OH excluding ortho intramolecular Hbond substituents is 2. The SMILES string of the molecule is CC.Cc1cc2c(n1-c1ccc(N(C)Sc3ccc(O)cc3O)cc1)CC(C)(C)CC2=O. The topological polar surface area (TPSA) is 65.7 Å². The summed E-state index contributed by atoms with van der Waals surface area (Å²) in [7, 11) is 1.93. The quantitative estimate of drug-likeness (QED) is 0.441. The van der Waals surface area contributed by atoms with Crippen molar-refractivity contribution in [1.29, 1.82) is 0 Å². The molecule has 1 aliphatic rings. The van der Waals surface area contributed by atoms with Gasteiger partial charge in [0.15, 0.2) is 5.78 Å². The first-order valence-corrected chi connectivity index (χ1v) is 11.7. The molecule has 0 atom stereocenters. The number of fused-ring (bicyclic) bond motifs is 1. The highest BCUT2D eigenvalue weighted by Gasteiger charge is 2.34. The van der Waals surface area contributed by atoms with Crippen molar-refractivity contribution < 1.29 is 15.0 Å². The molecule has 2 aromatic carbocycles. The number of nitrogens with zero attached hydrogens (tertiary/aromatic N) is 2. The number of rotatable bonds is 4. The van der Waals surface area contributed by atoms with Gasteiger partial charge in [0.25, 0.3) is 0 Å². The van der Waals surface area contributed by atoms with Crippen molar-refractivity contribution in [2.45, 2.75) is 52.4 Å². The first-order chi connectivity index (χ1) is 15.1. The number of aromatic hydroxyl groups is 2. The number of carbonyl (C=O) groups is 1. The fraction of sp³-hybridized carbons (Fsp3) is 0.346. The van der Waals surface area contributed by atoms with Crippen molar-refractivity contribution in [3.63, 3.8) is 0 Å². The lowest BCUT2D eigenvalue weighted by Crippen LogP contribution is -2.27. The van der Waals surface area contributed by atoms with Crippen molar-refractivity contribution in [3.8, 4) is 17.2 Å². The van der Waals surface area contributed by atoms with E-state index in [9.17, 15) is 15.0 Å². The molecule has 1 aliphatic carbocycles. The average molecular weight is 453 g/mol. The number of aryl methyl sites for hydroxylation is 1. The summed E-state index contributed by atoms with van der Waals surface area (Å²) in [6, 6.07) is 14.8. The number of Topliss-reactive ketones (excluding diaryl/α,β-unsaturated/α-hetero) is 1. The monoisotopic (exact) mass is 452 g/mol. The van der Waals surface area contributed by atoms with Crippen LogP contribution in [-0.2, 0) is 6.42 Å². The summed E-state index contributed by atoms with van der Waals surface area (Å²) >= 11 is 1.38. The number of anilines is 1. The van der Waals surface area contributed by atoms with Gasteiger partial charge in [-0.05, 0) is 73.2 Å². The van der Waals surface area contributed by atoms with Crippen LogP contribution in [0.4, 0.5) is 5.69 Å². The zero-order chi connectivity index (χ0) is 23.6. The standard InChI is InChI=1S/C24H26N2O3S.C2H6/c1-15-11-19-20(13-24(2,3)14-22(19)29)26(15)17-7-5-16(6-8-17)25(4)30-23-10-9-18(27)12-21(23)28;1-2/h5-12,27-28H,13-14H2,1-4H3;1-2H3. The maximum absolute atomic E-state index is 12.6. The van der Waals surface area contributed by atoms with Gasteiger partial charge in [-0.1, -0.05) is 27.7 Å². The van der Waals surface area contributed by atoms with E-state index in [1.165, 1.54) is 18.0 Å². The lowest BCUT2D eigenvalue weighted by molar-refractivity contribution is 0.0911. The lowest BCUT2D eigenvalue weighted by atomic mass is 9.76. The molecule has 6 heteroatoms. The summed E-state index contributed by atoms with van der Waals surface area (Å²) in [6.45, 7) is 10.3. The van der Waals surface area contributed by atoms with Crippen LogP contribution in [0.2, 0.25) is 0 Å². The molecule has 2 N–H and O–H groups in total. The summed E-state index contributed by atoms with van der Waals surface area (Å²) in [5, 5.41) is 19.5. The van der Waals surface area contributed by atoms with Crippen LogP contribution in [-0.4, -0.2) is 27.6 Å². The van der Waals surface area contributed by atoms with Crippen LogP contribution in [0, 0.1) is 12.3 Å². The second-order valence-corrected chi connectivity index (χ2v) is 9.85. The molecule has 0 unspecified atom stereocenters. The minimum Gasteiger partial charge on any atom is -0.508 e. The second-order valence-electron chi connectivity index (χ2n) is 8.68. The van der Waals surface area contributed by atoms with E-state index in [4.69, 9.17) is 0 Å². The van der Waals surface area contributed by atoms with Crippen molar-refractivity contribution in [2.75, 3.05) is 11.4 Å². The third-order valence-corrected chi connectivity index (χ3v) is 6.55. The van der Waals surface area contributed by atoms with Crippen LogP contribution in [0.5, 0.6) is 11.5 Å². The van der Waals surface area contributed by atoms with Gasteiger partial charge < -0.3 is 19.1 Å². The molecule has 0 radical (unpaired) electrons. The minimum absolute atomic E-state index is 0.0322. The molecule has 0 saturated carbocycles. The summed E-state index contributed by atoms with van der Waals surface area (Å²) < 4.78 is 4.15. The Bertz CT molecular complexity index is 1120. The van der Waals surface area contributed by atoms with E-state index < -0.39 is 0 Å². The lowest BCUT2D eigenvalue weighted by Gasteiger charge is -2.30. The fourth-order valence-corrected chi connectivity index (χ4v) is 4.91. The van der Waals surface area contributed by atoms with Crippen LogP contribution >= 0.6 is 11.9 Å². The van der Waals surface area contributed by atoms with Gasteiger partial charge in [0.05, 0.1) is 4.90 Å². The van der Waals surface area contributed by atoms with Crippen LogP contribution in [0.1, 0.15) is 55.9 Å². The highest BCUT2D eigenvalue weighted by molar-refractivity contribution is 8.00.